The van der Waals surface area contributed by atoms with Crippen molar-refractivity contribution in [2.45, 2.75) is 52.5 Å². The fourth-order valence-electron chi connectivity index (χ4n) is 2.72. The summed E-state index contributed by atoms with van der Waals surface area (Å²) in [4.78, 5) is 5.04. The van der Waals surface area contributed by atoms with E-state index >= 15 is 0 Å². The molecule has 0 aromatic heterocycles. The van der Waals surface area contributed by atoms with Crippen molar-refractivity contribution >= 4 is 0 Å². The van der Waals surface area contributed by atoms with Gasteiger partial charge in [-0.1, -0.05) is 6.92 Å². The lowest BCUT2D eigenvalue weighted by Gasteiger charge is -2.30. The Morgan fingerprint density at radius 3 is 2.38 bits per heavy atom. The molecule has 0 aromatic carbocycles. The van der Waals surface area contributed by atoms with Gasteiger partial charge in [0.25, 0.3) is 0 Å². The predicted molar refractivity (Wildman–Crippen MR) is 71.8 cm³/mol. The van der Waals surface area contributed by atoms with E-state index in [2.05, 4.69) is 37.6 Å². The van der Waals surface area contributed by atoms with Gasteiger partial charge in [0.05, 0.1) is 0 Å². The van der Waals surface area contributed by atoms with Crippen LogP contribution in [0.3, 0.4) is 0 Å². The fourth-order valence-corrected chi connectivity index (χ4v) is 2.72. The Hall–Kier alpha value is -0.0800. The Balaban J connectivity index is 2.10. The van der Waals surface area contributed by atoms with E-state index in [1.54, 1.807) is 0 Å². The normalized spacial score (nSPS) is 19.9. The molecule has 1 aliphatic rings. The fraction of sp³-hybridized carbons (Fsp3) is 1.00. The number of piperidine rings is 1. The molecule has 1 aliphatic heterocycles. The molecule has 1 rings (SSSR count). The molecular formula is C14H30N2. The summed E-state index contributed by atoms with van der Waals surface area (Å²) in [7, 11) is 2.24. The SMILES string of the molecule is CCN(CCCC1CCN(C)CC1)C(C)C. The van der Waals surface area contributed by atoms with E-state index in [0.29, 0.717) is 6.04 Å². The van der Waals surface area contributed by atoms with Crippen molar-refractivity contribution in [1.82, 2.24) is 9.80 Å². The molecule has 0 aliphatic carbocycles. The standard InChI is InChI=1S/C14H30N2/c1-5-16(13(2)3)10-6-7-14-8-11-15(4)12-9-14/h13-14H,5-12H2,1-4H3. The van der Waals surface area contributed by atoms with Gasteiger partial charge in [-0.05, 0) is 78.7 Å². The van der Waals surface area contributed by atoms with Gasteiger partial charge in [-0.3, -0.25) is 0 Å². The molecule has 2 heteroatoms. The summed E-state index contributed by atoms with van der Waals surface area (Å²) in [6.45, 7) is 12.0. The first kappa shape index (κ1) is 14.0. The first-order valence-corrected chi connectivity index (χ1v) is 7.06. The number of likely N-dealkylation sites (tertiary alicyclic amines) is 1. The Morgan fingerprint density at radius 1 is 1.25 bits per heavy atom. The highest BCUT2D eigenvalue weighted by molar-refractivity contribution is 4.71. The van der Waals surface area contributed by atoms with Gasteiger partial charge >= 0.3 is 0 Å². The van der Waals surface area contributed by atoms with Crippen LogP contribution in [0.25, 0.3) is 0 Å². The highest BCUT2D eigenvalue weighted by Gasteiger charge is 2.16. The summed E-state index contributed by atoms with van der Waals surface area (Å²) >= 11 is 0. The summed E-state index contributed by atoms with van der Waals surface area (Å²) in [5.41, 5.74) is 0. The van der Waals surface area contributed by atoms with Crippen LogP contribution in [0.2, 0.25) is 0 Å². The van der Waals surface area contributed by atoms with Gasteiger partial charge in [0.2, 0.25) is 0 Å². The quantitative estimate of drug-likeness (QED) is 0.687. The molecule has 1 saturated heterocycles. The Bertz CT molecular complexity index is 172. The molecule has 0 amide bonds. The molecule has 0 spiro atoms. The lowest BCUT2D eigenvalue weighted by molar-refractivity contribution is 0.190. The second-order valence-corrected chi connectivity index (χ2v) is 5.61. The van der Waals surface area contributed by atoms with Crippen LogP contribution in [-0.2, 0) is 0 Å². The summed E-state index contributed by atoms with van der Waals surface area (Å²) < 4.78 is 0. The van der Waals surface area contributed by atoms with Crippen LogP contribution >= 0.6 is 0 Å². The van der Waals surface area contributed by atoms with Crippen molar-refractivity contribution in [3.8, 4) is 0 Å². The summed E-state index contributed by atoms with van der Waals surface area (Å²) in [6, 6.07) is 0.711. The van der Waals surface area contributed by atoms with Crippen LogP contribution in [0.4, 0.5) is 0 Å². The summed E-state index contributed by atoms with van der Waals surface area (Å²) in [5, 5.41) is 0. The van der Waals surface area contributed by atoms with Gasteiger partial charge in [-0.25, -0.2) is 0 Å². The highest BCUT2D eigenvalue weighted by Crippen LogP contribution is 2.21. The van der Waals surface area contributed by atoms with Crippen molar-refractivity contribution < 1.29 is 0 Å². The van der Waals surface area contributed by atoms with Crippen LogP contribution in [-0.4, -0.2) is 49.1 Å². The van der Waals surface area contributed by atoms with Gasteiger partial charge in [0.1, 0.15) is 0 Å². The zero-order chi connectivity index (χ0) is 12.0. The minimum absolute atomic E-state index is 0.711. The van der Waals surface area contributed by atoms with E-state index in [1.807, 2.05) is 0 Å². The average molecular weight is 226 g/mol. The molecule has 1 heterocycles. The van der Waals surface area contributed by atoms with Crippen molar-refractivity contribution in [3.63, 3.8) is 0 Å². The number of nitrogens with zero attached hydrogens (tertiary/aromatic N) is 2. The molecule has 0 aromatic rings. The third-order valence-corrected chi connectivity index (χ3v) is 4.03. The molecule has 0 N–H and O–H groups in total. The monoisotopic (exact) mass is 226 g/mol. The first-order valence-electron chi connectivity index (χ1n) is 7.06. The number of hydrogen-bond acceptors (Lipinski definition) is 2. The van der Waals surface area contributed by atoms with Gasteiger partial charge in [0, 0.05) is 6.04 Å². The van der Waals surface area contributed by atoms with Gasteiger partial charge in [-0.2, -0.15) is 0 Å². The Morgan fingerprint density at radius 2 is 1.88 bits per heavy atom. The molecule has 0 atom stereocenters. The maximum absolute atomic E-state index is 2.58. The predicted octanol–water partition coefficient (Wildman–Crippen LogP) is 2.84. The zero-order valence-corrected chi connectivity index (χ0v) is 11.7. The van der Waals surface area contributed by atoms with Crippen molar-refractivity contribution in [3.05, 3.63) is 0 Å². The molecule has 2 nitrogen and oxygen atoms in total. The molecule has 1 fully saturated rings. The number of hydrogen-bond donors (Lipinski definition) is 0. The molecule has 0 saturated carbocycles. The Labute approximate surface area is 102 Å². The minimum Gasteiger partial charge on any atom is -0.306 e. The highest BCUT2D eigenvalue weighted by atomic mass is 15.1. The van der Waals surface area contributed by atoms with E-state index in [9.17, 15) is 0 Å². The molecule has 16 heavy (non-hydrogen) atoms. The largest absolute Gasteiger partial charge is 0.306 e. The summed E-state index contributed by atoms with van der Waals surface area (Å²) in [5.74, 6) is 1.00. The van der Waals surface area contributed by atoms with E-state index in [-0.39, 0.29) is 0 Å². The summed E-state index contributed by atoms with van der Waals surface area (Å²) in [6.07, 6.45) is 5.67. The number of rotatable bonds is 6. The minimum atomic E-state index is 0.711. The maximum atomic E-state index is 2.58. The van der Waals surface area contributed by atoms with Crippen LogP contribution in [0.1, 0.15) is 46.5 Å². The lowest BCUT2D eigenvalue weighted by atomic mass is 9.92. The van der Waals surface area contributed by atoms with Crippen molar-refractivity contribution in [2.75, 3.05) is 33.2 Å². The second kappa shape index (κ2) is 7.29. The third kappa shape index (κ3) is 4.84. The maximum Gasteiger partial charge on any atom is 0.00384 e. The van der Waals surface area contributed by atoms with Crippen molar-refractivity contribution in [1.29, 1.82) is 0 Å². The lowest BCUT2D eigenvalue weighted by Crippen LogP contribution is -2.33. The molecule has 0 bridgehead atoms. The molecular weight excluding hydrogens is 196 g/mol. The van der Waals surface area contributed by atoms with Gasteiger partial charge in [0.15, 0.2) is 0 Å². The van der Waals surface area contributed by atoms with Crippen LogP contribution in [0.15, 0.2) is 0 Å². The van der Waals surface area contributed by atoms with E-state index < -0.39 is 0 Å². The molecule has 0 radical (unpaired) electrons. The van der Waals surface area contributed by atoms with E-state index in [1.165, 1.54) is 51.9 Å². The molecule has 0 unspecified atom stereocenters. The van der Waals surface area contributed by atoms with Crippen molar-refractivity contribution in [2.24, 2.45) is 5.92 Å². The van der Waals surface area contributed by atoms with Crippen LogP contribution in [0.5, 0.6) is 0 Å². The van der Waals surface area contributed by atoms with Crippen LogP contribution in [0, 0.1) is 5.92 Å². The van der Waals surface area contributed by atoms with E-state index in [4.69, 9.17) is 0 Å². The third-order valence-electron chi connectivity index (χ3n) is 4.03. The molecule has 96 valence electrons. The van der Waals surface area contributed by atoms with Crippen LogP contribution < -0.4 is 0 Å². The van der Waals surface area contributed by atoms with Gasteiger partial charge in [-0.15, -0.1) is 0 Å². The zero-order valence-electron chi connectivity index (χ0n) is 11.7. The smallest absolute Gasteiger partial charge is 0.00384 e. The first-order chi connectivity index (χ1) is 7.63. The topological polar surface area (TPSA) is 6.48 Å². The Kier molecular flexibility index (Phi) is 6.37. The average Bonchev–Trinajstić information content (AvgIpc) is 2.26. The second-order valence-electron chi connectivity index (χ2n) is 5.61. The van der Waals surface area contributed by atoms with E-state index in [0.717, 1.165) is 5.92 Å². The van der Waals surface area contributed by atoms with Gasteiger partial charge < -0.3 is 9.80 Å².